The van der Waals surface area contributed by atoms with Gasteiger partial charge < -0.3 is 15.2 Å². The molecule has 162 valence electrons. The maximum atomic E-state index is 12.6. The number of aryl methyl sites for hydroxylation is 1. The van der Waals surface area contributed by atoms with Gasteiger partial charge in [-0.05, 0) is 87.5 Å². The number of aromatic nitrogens is 1. The minimum Gasteiger partial charge on any atom is -0.372 e. The van der Waals surface area contributed by atoms with E-state index < -0.39 is 0 Å². The van der Waals surface area contributed by atoms with Gasteiger partial charge in [0, 0.05) is 41.1 Å². The summed E-state index contributed by atoms with van der Waals surface area (Å²) in [5.74, 6) is 0.643. The lowest BCUT2D eigenvalue weighted by Gasteiger charge is -2.31. The molecule has 2 N–H and O–H groups in total. The molecule has 0 atom stereocenters. The Kier molecular flexibility index (Phi) is 5.68. The lowest BCUT2D eigenvalue weighted by Crippen LogP contribution is -2.38. The van der Waals surface area contributed by atoms with Crippen molar-refractivity contribution in [2.75, 3.05) is 42.9 Å². The first-order valence-corrected chi connectivity index (χ1v) is 11.6. The topological polar surface area (TPSA) is 51.4 Å². The van der Waals surface area contributed by atoms with Gasteiger partial charge >= 0.3 is 0 Å². The standard InChI is InChI=1S/C26H32N4O/c1-19-26(23-6-2-3-7-24(23)27-19)20-12-16-29(17-13-20)18-25(31)28-21-8-10-22(11-9-21)30-14-4-5-15-30/h2-3,6-11,20,27H,4-5,12-18H2,1H3,(H,28,31). The van der Waals surface area contributed by atoms with E-state index in [9.17, 15) is 4.79 Å². The van der Waals surface area contributed by atoms with E-state index in [1.54, 1.807) is 0 Å². The Labute approximate surface area is 184 Å². The SMILES string of the molecule is Cc1[nH]c2ccccc2c1C1CCN(CC(=O)Nc2ccc(N3CCCC3)cc2)CC1. The van der Waals surface area contributed by atoms with Crippen LogP contribution in [0.25, 0.3) is 10.9 Å². The highest BCUT2D eigenvalue weighted by Gasteiger charge is 2.25. The molecule has 3 aromatic rings. The third kappa shape index (κ3) is 4.33. The number of nitrogens with zero attached hydrogens (tertiary/aromatic N) is 2. The Hall–Kier alpha value is -2.79. The van der Waals surface area contributed by atoms with E-state index in [0.29, 0.717) is 12.5 Å². The molecule has 2 saturated heterocycles. The number of rotatable bonds is 5. The summed E-state index contributed by atoms with van der Waals surface area (Å²) in [6.45, 7) is 6.85. The van der Waals surface area contributed by atoms with Gasteiger partial charge in [0.05, 0.1) is 6.54 Å². The summed E-state index contributed by atoms with van der Waals surface area (Å²) in [5.41, 5.74) is 6.13. The Morgan fingerprint density at radius 1 is 1.00 bits per heavy atom. The number of hydrogen-bond donors (Lipinski definition) is 2. The van der Waals surface area contributed by atoms with Crippen LogP contribution in [-0.4, -0.2) is 48.5 Å². The molecule has 5 heteroatoms. The highest BCUT2D eigenvalue weighted by molar-refractivity contribution is 5.92. The number of H-pyrrole nitrogens is 1. The van der Waals surface area contributed by atoms with Gasteiger partial charge in [0.2, 0.25) is 5.91 Å². The van der Waals surface area contributed by atoms with Gasteiger partial charge in [-0.2, -0.15) is 0 Å². The molecule has 1 aromatic heterocycles. The normalized spacial score (nSPS) is 18.0. The fourth-order valence-electron chi connectivity index (χ4n) is 5.34. The molecule has 0 aliphatic carbocycles. The molecule has 0 spiro atoms. The van der Waals surface area contributed by atoms with E-state index >= 15 is 0 Å². The average molecular weight is 417 g/mol. The number of amides is 1. The van der Waals surface area contributed by atoms with Crippen molar-refractivity contribution in [3.05, 3.63) is 59.8 Å². The van der Waals surface area contributed by atoms with Crippen LogP contribution in [0.5, 0.6) is 0 Å². The van der Waals surface area contributed by atoms with Crippen LogP contribution < -0.4 is 10.2 Å². The molecule has 3 heterocycles. The van der Waals surface area contributed by atoms with Crippen molar-refractivity contribution in [2.45, 2.75) is 38.5 Å². The predicted octanol–water partition coefficient (Wildman–Crippen LogP) is 4.89. The van der Waals surface area contributed by atoms with Gasteiger partial charge in [-0.1, -0.05) is 18.2 Å². The van der Waals surface area contributed by atoms with Gasteiger partial charge in [-0.3, -0.25) is 9.69 Å². The van der Waals surface area contributed by atoms with Crippen molar-refractivity contribution in [2.24, 2.45) is 0 Å². The second-order valence-electron chi connectivity index (χ2n) is 9.05. The molecule has 2 aromatic carbocycles. The number of nitrogens with one attached hydrogen (secondary N) is 2. The number of carbonyl (C=O) groups excluding carboxylic acids is 1. The Bertz CT molecular complexity index is 1040. The summed E-state index contributed by atoms with van der Waals surface area (Å²) in [6.07, 6.45) is 4.74. The van der Waals surface area contributed by atoms with Crippen LogP contribution in [0.4, 0.5) is 11.4 Å². The van der Waals surface area contributed by atoms with Gasteiger partial charge in [0.1, 0.15) is 0 Å². The van der Waals surface area contributed by atoms with Gasteiger partial charge in [0.25, 0.3) is 0 Å². The lowest BCUT2D eigenvalue weighted by molar-refractivity contribution is -0.117. The first-order valence-electron chi connectivity index (χ1n) is 11.6. The Balaban J connectivity index is 1.14. The van der Waals surface area contributed by atoms with Crippen LogP contribution in [0.15, 0.2) is 48.5 Å². The quantitative estimate of drug-likeness (QED) is 0.622. The van der Waals surface area contributed by atoms with Crippen molar-refractivity contribution in [1.29, 1.82) is 0 Å². The first kappa shape index (κ1) is 20.1. The molecule has 5 rings (SSSR count). The zero-order valence-corrected chi connectivity index (χ0v) is 18.4. The van der Waals surface area contributed by atoms with Crippen LogP contribution in [-0.2, 0) is 4.79 Å². The molecular weight excluding hydrogens is 384 g/mol. The van der Waals surface area contributed by atoms with E-state index in [0.717, 1.165) is 44.7 Å². The minimum atomic E-state index is 0.0793. The molecule has 5 nitrogen and oxygen atoms in total. The molecule has 31 heavy (non-hydrogen) atoms. The molecular formula is C26H32N4O. The molecule has 2 aliphatic rings. The van der Waals surface area contributed by atoms with E-state index in [2.05, 4.69) is 63.4 Å². The smallest absolute Gasteiger partial charge is 0.238 e. The number of benzene rings is 2. The Morgan fingerprint density at radius 2 is 1.71 bits per heavy atom. The fourth-order valence-corrected chi connectivity index (χ4v) is 5.34. The molecule has 0 radical (unpaired) electrons. The number of para-hydroxylation sites is 1. The largest absolute Gasteiger partial charge is 0.372 e. The van der Waals surface area contributed by atoms with Crippen molar-refractivity contribution in [3.63, 3.8) is 0 Å². The number of hydrogen-bond acceptors (Lipinski definition) is 3. The first-order chi connectivity index (χ1) is 15.2. The average Bonchev–Trinajstić information content (AvgIpc) is 3.42. The monoisotopic (exact) mass is 416 g/mol. The van der Waals surface area contributed by atoms with Gasteiger partial charge in [-0.25, -0.2) is 0 Å². The number of piperidine rings is 1. The molecule has 0 bridgehead atoms. The van der Waals surface area contributed by atoms with Gasteiger partial charge in [-0.15, -0.1) is 0 Å². The summed E-state index contributed by atoms with van der Waals surface area (Å²) < 4.78 is 0. The maximum Gasteiger partial charge on any atom is 0.238 e. The zero-order valence-electron chi connectivity index (χ0n) is 18.4. The van der Waals surface area contributed by atoms with Crippen LogP contribution in [0.1, 0.15) is 42.9 Å². The van der Waals surface area contributed by atoms with E-state index in [-0.39, 0.29) is 5.91 Å². The summed E-state index contributed by atoms with van der Waals surface area (Å²) in [6, 6.07) is 16.9. The predicted molar refractivity (Wildman–Crippen MR) is 128 cm³/mol. The zero-order chi connectivity index (χ0) is 21.2. The van der Waals surface area contributed by atoms with Crippen LogP contribution in [0.2, 0.25) is 0 Å². The Morgan fingerprint density at radius 3 is 2.45 bits per heavy atom. The third-order valence-electron chi connectivity index (χ3n) is 6.93. The van der Waals surface area contributed by atoms with Gasteiger partial charge in [0.15, 0.2) is 0 Å². The van der Waals surface area contributed by atoms with Crippen molar-refractivity contribution < 1.29 is 4.79 Å². The lowest BCUT2D eigenvalue weighted by atomic mass is 9.87. The summed E-state index contributed by atoms with van der Waals surface area (Å²) in [7, 11) is 0. The highest BCUT2D eigenvalue weighted by Crippen LogP contribution is 2.35. The van der Waals surface area contributed by atoms with Crippen molar-refractivity contribution >= 4 is 28.2 Å². The van der Waals surface area contributed by atoms with E-state index in [1.807, 2.05) is 12.1 Å². The number of anilines is 2. The van der Waals surface area contributed by atoms with E-state index in [4.69, 9.17) is 0 Å². The second-order valence-corrected chi connectivity index (χ2v) is 9.05. The molecule has 2 fully saturated rings. The van der Waals surface area contributed by atoms with E-state index in [1.165, 1.54) is 40.7 Å². The fraction of sp³-hybridized carbons (Fsp3) is 0.423. The highest BCUT2D eigenvalue weighted by atomic mass is 16.2. The number of fused-ring (bicyclic) bond motifs is 1. The second kappa shape index (κ2) is 8.75. The minimum absolute atomic E-state index is 0.0793. The summed E-state index contributed by atoms with van der Waals surface area (Å²) in [4.78, 5) is 20.8. The number of carbonyl (C=O) groups is 1. The molecule has 0 saturated carbocycles. The van der Waals surface area contributed by atoms with Crippen LogP contribution in [0.3, 0.4) is 0 Å². The summed E-state index contributed by atoms with van der Waals surface area (Å²) >= 11 is 0. The van der Waals surface area contributed by atoms with Crippen LogP contribution >= 0.6 is 0 Å². The number of likely N-dealkylation sites (tertiary alicyclic amines) is 1. The molecule has 1 amide bonds. The number of aromatic amines is 1. The molecule has 2 aliphatic heterocycles. The summed E-state index contributed by atoms with van der Waals surface area (Å²) in [5, 5.41) is 4.43. The maximum absolute atomic E-state index is 12.6. The van der Waals surface area contributed by atoms with Crippen LogP contribution in [0, 0.1) is 6.92 Å². The molecule has 0 unspecified atom stereocenters. The van der Waals surface area contributed by atoms with Crippen molar-refractivity contribution in [3.8, 4) is 0 Å². The third-order valence-corrected chi connectivity index (χ3v) is 6.93. The van der Waals surface area contributed by atoms with Crippen molar-refractivity contribution in [1.82, 2.24) is 9.88 Å².